The van der Waals surface area contributed by atoms with Crippen LogP contribution in [-0.2, 0) is 16.8 Å². The summed E-state index contributed by atoms with van der Waals surface area (Å²) in [5.41, 5.74) is 3.77. The second-order valence-electron chi connectivity index (χ2n) is 9.86. The SMILES string of the molecule is O[C@@H]1C[C@@H](OCc2ccc(F)cc2)CC[C@H]1N1CCC(c2ccccc2)(c2ccccc2)CC1. The standard InChI is InChI=1S/C30H34FNO2/c31-26-13-11-23(12-14-26)22-34-27-15-16-28(29(33)21-27)32-19-17-30(18-20-32,24-7-3-1-4-8-24)25-9-5-2-6-10-25/h1-14,27-29,33H,15-22H2/t27-,28+,29+/m0/s1. The Bertz CT molecular complexity index is 991. The molecule has 3 aromatic rings. The fourth-order valence-electron chi connectivity index (χ4n) is 5.96. The fourth-order valence-corrected chi connectivity index (χ4v) is 5.96. The largest absolute Gasteiger partial charge is 0.391 e. The van der Waals surface area contributed by atoms with Gasteiger partial charge in [-0.3, -0.25) is 4.90 Å². The van der Waals surface area contributed by atoms with E-state index in [0.717, 1.165) is 44.3 Å². The maximum atomic E-state index is 13.1. The van der Waals surface area contributed by atoms with Gasteiger partial charge in [0.1, 0.15) is 5.82 Å². The molecule has 1 saturated heterocycles. The number of halogens is 1. The lowest BCUT2D eigenvalue weighted by atomic mass is 9.67. The molecule has 2 aliphatic rings. The predicted molar refractivity (Wildman–Crippen MR) is 133 cm³/mol. The average Bonchev–Trinajstić information content (AvgIpc) is 2.90. The molecule has 1 aliphatic heterocycles. The first kappa shape index (κ1) is 23.2. The zero-order valence-electron chi connectivity index (χ0n) is 19.7. The Labute approximate surface area is 202 Å². The Balaban J connectivity index is 1.21. The lowest BCUT2D eigenvalue weighted by molar-refractivity contribution is -0.0662. The molecular weight excluding hydrogens is 425 g/mol. The molecule has 1 N–H and O–H groups in total. The second-order valence-corrected chi connectivity index (χ2v) is 9.86. The fraction of sp³-hybridized carbons (Fsp3) is 0.400. The van der Waals surface area contributed by atoms with Crippen LogP contribution in [0.5, 0.6) is 0 Å². The highest BCUT2D eigenvalue weighted by atomic mass is 19.1. The van der Waals surface area contributed by atoms with Crippen LogP contribution in [0.15, 0.2) is 84.9 Å². The second kappa shape index (κ2) is 10.4. The lowest BCUT2D eigenvalue weighted by Crippen LogP contribution is -2.53. The summed E-state index contributed by atoms with van der Waals surface area (Å²) in [5, 5.41) is 11.0. The van der Waals surface area contributed by atoms with E-state index in [0.29, 0.717) is 13.0 Å². The molecule has 34 heavy (non-hydrogen) atoms. The van der Waals surface area contributed by atoms with Crippen LogP contribution in [0.3, 0.4) is 0 Å². The minimum absolute atomic E-state index is 0.0272. The molecule has 0 amide bonds. The molecule has 3 nitrogen and oxygen atoms in total. The van der Waals surface area contributed by atoms with Crippen molar-refractivity contribution in [3.8, 4) is 0 Å². The summed E-state index contributed by atoms with van der Waals surface area (Å²) in [6.45, 7) is 2.42. The van der Waals surface area contributed by atoms with Crippen molar-refractivity contribution in [1.29, 1.82) is 0 Å². The van der Waals surface area contributed by atoms with Crippen molar-refractivity contribution in [3.05, 3.63) is 107 Å². The maximum Gasteiger partial charge on any atom is 0.123 e. The van der Waals surface area contributed by atoms with Crippen LogP contribution in [0.4, 0.5) is 4.39 Å². The van der Waals surface area contributed by atoms with Crippen molar-refractivity contribution in [2.24, 2.45) is 0 Å². The summed E-state index contributed by atoms with van der Waals surface area (Å²) in [7, 11) is 0. The molecule has 0 unspecified atom stereocenters. The van der Waals surface area contributed by atoms with Gasteiger partial charge in [-0.2, -0.15) is 0 Å². The van der Waals surface area contributed by atoms with E-state index in [-0.39, 0.29) is 29.5 Å². The van der Waals surface area contributed by atoms with E-state index in [1.165, 1.54) is 23.3 Å². The van der Waals surface area contributed by atoms with Crippen molar-refractivity contribution >= 4 is 0 Å². The summed E-state index contributed by atoms with van der Waals surface area (Å²) in [4.78, 5) is 2.50. The highest BCUT2D eigenvalue weighted by Crippen LogP contribution is 2.43. The Morgan fingerprint density at radius 3 is 1.97 bits per heavy atom. The highest BCUT2D eigenvalue weighted by molar-refractivity contribution is 5.40. The first-order valence-corrected chi connectivity index (χ1v) is 12.5. The summed E-state index contributed by atoms with van der Waals surface area (Å²) >= 11 is 0. The Morgan fingerprint density at radius 1 is 0.824 bits per heavy atom. The van der Waals surface area contributed by atoms with Gasteiger partial charge in [0.25, 0.3) is 0 Å². The molecule has 0 radical (unpaired) electrons. The van der Waals surface area contributed by atoms with Gasteiger partial charge in [0.05, 0.1) is 18.8 Å². The van der Waals surface area contributed by atoms with Crippen LogP contribution in [0.25, 0.3) is 0 Å². The third-order valence-electron chi connectivity index (χ3n) is 7.91. The molecule has 0 aromatic heterocycles. The molecule has 3 aromatic carbocycles. The third-order valence-corrected chi connectivity index (χ3v) is 7.91. The molecular formula is C30H34FNO2. The predicted octanol–water partition coefficient (Wildman–Crippen LogP) is 5.71. The minimum atomic E-state index is -0.382. The van der Waals surface area contributed by atoms with Gasteiger partial charge >= 0.3 is 0 Å². The zero-order chi connectivity index (χ0) is 23.4. The monoisotopic (exact) mass is 459 g/mol. The summed E-state index contributed by atoms with van der Waals surface area (Å²) in [5.74, 6) is -0.232. The molecule has 2 fully saturated rings. The Kier molecular flexibility index (Phi) is 7.10. The first-order chi connectivity index (χ1) is 16.6. The smallest absolute Gasteiger partial charge is 0.123 e. The third kappa shape index (κ3) is 4.95. The van der Waals surface area contributed by atoms with E-state index in [1.807, 2.05) is 0 Å². The number of aliphatic hydroxyl groups is 1. The number of nitrogens with zero attached hydrogens (tertiary/aromatic N) is 1. The Morgan fingerprint density at radius 2 is 1.41 bits per heavy atom. The lowest BCUT2D eigenvalue weighted by Gasteiger charge is -2.48. The molecule has 0 spiro atoms. The topological polar surface area (TPSA) is 32.7 Å². The van der Waals surface area contributed by atoms with Crippen molar-refractivity contribution in [2.75, 3.05) is 13.1 Å². The van der Waals surface area contributed by atoms with E-state index in [2.05, 4.69) is 65.6 Å². The number of hydrogen-bond donors (Lipinski definition) is 1. The van der Waals surface area contributed by atoms with Crippen LogP contribution in [-0.4, -0.2) is 41.3 Å². The molecule has 1 heterocycles. The number of aliphatic hydroxyl groups excluding tert-OH is 1. The van der Waals surface area contributed by atoms with Crippen LogP contribution < -0.4 is 0 Å². The minimum Gasteiger partial charge on any atom is -0.391 e. The van der Waals surface area contributed by atoms with Crippen molar-refractivity contribution < 1.29 is 14.2 Å². The number of ether oxygens (including phenoxy) is 1. The number of rotatable bonds is 6. The molecule has 5 rings (SSSR count). The number of piperidine rings is 1. The molecule has 1 aliphatic carbocycles. The van der Waals surface area contributed by atoms with Gasteiger partial charge in [-0.25, -0.2) is 4.39 Å². The summed E-state index contributed by atoms with van der Waals surface area (Å²) < 4.78 is 19.2. The van der Waals surface area contributed by atoms with Crippen LogP contribution >= 0.6 is 0 Å². The molecule has 3 atom stereocenters. The molecule has 4 heteroatoms. The first-order valence-electron chi connectivity index (χ1n) is 12.5. The molecule has 1 saturated carbocycles. The van der Waals surface area contributed by atoms with Gasteiger partial charge in [-0.05, 0) is 67.6 Å². The van der Waals surface area contributed by atoms with Crippen molar-refractivity contribution in [3.63, 3.8) is 0 Å². The van der Waals surface area contributed by atoms with E-state index >= 15 is 0 Å². The van der Waals surface area contributed by atoms with Crippen LogP contribution in [0.1, 0.15) is 48.8 Å². The average molecular weight is 460 g/mol. The summed E-state index contributed by atoms with van der Waals surface area (Å²) in [6, 6.07) is 28.4. The van der Waals surface area contributed by atoms with E-state index in [4.69, 9.17) is 4.74 Å². The van der Waals surface area contributed by atoms with E-state index < -0.39 is 0 Å². The van der Waals surface area contributed by atoms with Gasteiger partial charge < -0.3 is 9.84 Å². The normalized spacial score (nSPS) is 25.2. The number of hydrogen-bond acceptors (Lipinski definition) is 3. The zero-order valence-corrected chi connectivity index (χ0v) is 19.7. The number of likely N-dealkylation sites (tertiary alicyclic amines) is 1. The van der Waals surface area contributed by atoms with Crippen LogP contribution in [0, 0.1) is 5.82 Å². The van der Waals surface area contributed by atoms with E-state index in [1.54, 1.807) is 12.1 Å². The van der Waals surface area contributed by atoms with E-state index in [9.17, 15) is 9.50 Å². The molecule has 0 bridgehead atoms. The quantitative estimate of drug-likeness (QED) is 0.513. The maximum absolute atomic E-state index is 13.1. The van der Waals surface area contributed by atoms with Gasteiger partial charge in [0.15, 0.2) is 0 Å². The van der Waals surface area contributed by atoms with Gasteiger partial charge in [-0.15, -0.1) is 0 Å². The number of benzene rings is 3. The van der Waals surface area contributed by atoms with Gasteiger partial charge in [0.2, 0.25) is 0 Å². The van der Waals surface area contributed by atoms with Crippen LogP contribution in [0.2, 0.25) is 0 Å². The Hall–Kier alpha value is -2.53. The highest BCUT2D eigenvalue weighted by Gasteiger charge is 2.41. The van der Waals surface area contributed by atoms with Gasteiger partial charge in [0, 0.05) is 17.9 Å². The van der Waals surface area contributed by atoms with Crippen molar-refractivity contribution in [2.45, 2.75) is 62.4 Å². The van der Waals surface area contributed by atoms with Gasteiger partial charge in [-0.1, -0.05) is 72.8 Å². The van der Waals surface area contributed by atoms with Crippen molar-refractivity contribution in [1.82, 2.24) is 4.90 Å². The summed E-state index contributed by atoms with van der Waals surface area (Å²) in [6.07, 6.45) is 4.32. The molecule has 178 valence electrons.